The van der Waals surface area contributed by atoms with Crippen LogP contribution in [-0.4, -0.2) is 106 Å². The highest BCUT2D eigenvalue weighted by Gasteiger charge is 2.65. The number of ether oxygens (including phenoxy) is 1. The molecule has 0 aromatic rings. The summed E-state index contributed by atoms with van der Waals surface area (Å²) in [6, 6.07) is 0. The first-order valence-electron chi connectivity index (χ1n) is 57.4. The average molecular weight is 1760 g/mol. The third-order valence-corrected chi connectivity index (χ3v) is 30.1. The molecule has 0 bridgehead atoms. The molecule has 0 fully saturated rings. The van der Waals surface area contributed by atoms with Crippen molar-refractivity contribution in [3.63, 3.8) is 0 Å². The maximum absolute atomic E-state index is 18.0. The van der Waals surface area contributed by atoms with Crippen molar-refractivity contribution < 1.29 is 50.4 Å². The second-order valence-electron chi connectivity index (χ2n) is 40.8. The standard InChI is InChI=1S/C114H228O10/c1-2-3-4-5-6-7-8-25-42-59-76-93-110(94-77-60-43-26-9-16-33-50-67-84-101-115)112(95-78-61-44-27-10-17-34-51-68-85-102-116,96-79-62-45-28-11-18-35-52-69-86-103-117)114(99-82-65-48-31-14-21-38-55-72-89-106-120,100-83-66-49-32-15-22-39-56-73-90-107-121)113(97-80-63-46-29-12-19-36-53-70-87-104-118,98-81-64-47-30-13-20-37-54-71-88-105-119)111(123)124-109-92-75-58-41-24-23-40-57-74-91-108-122/h110,115-122H,2-109H2,1H3. The van der Waals surface area contributed by atoms with Crippen LogP contribution in [-0.2, 0) is 9.53 Å². The van der Waals surface area contributed by atoms with Crippen LogP contribution in [0.5, 0.6) is 0 Å². The van der Waals surface area contributed by atoms with Crippen molar-refractivity contribution in [3.05, 3.63) is 0 Å². The molecule has 0 saturated carbocycles. The highest BCUT2D eigenvalue weighted by molar-refractivity contribution is 5.78. The number of carbonyl (C=O) groups is 1. The van der Waals surface area contributed by atoms with Gasteiger partial charge in [0.15, 0.2) is 0 Å². The van der Waals surface area contributed by atoms with Crippen LogP contribution in [0.4, 0.5) is 0 Å². The Labute approximate surface area is 776 Å². The average Bonchev–Trinajstić information content (AvgIpc) is 0.704. The second-order valence-corrected chi connectivity index (χ2v) is 40.8. The van der Waals surface area contributed by atoms with Gasteiger partial charge in [0.1, 0.15) is 0 Å². The molecule has 0 rings (SSSR count). The fourth-order valence-corrected chi connectivity index (χ4v) is 22.3. The molecular formula is C114H228O10. The summed E-state index contributed by atoms with van der Waals surface area (Å²) in [6.07, 6.45) is 121. The number of aliphatic hydroxyl groups excluding tert-OH is 8. The fourth-order valence-electron chi connectivity index (χ4n) is 22.3. The fraction of sp³-hybridized carbons (Fsp3) is 0.991. The minimum atomic E-state index is -0.607. The smallest absolute Gasteiger partial charge is 0.312 e. The molecule has 0 amide bonds. The van der Waals surface area contributed by atoms with Crippen molar-refractivity contribution in [1.82, 2.24) is 0 Å². The lowest BCUT2D eigenvalue weighted by Crippen LogP contribution is -2.60. The number of hydrogen-bond donors (Lipinski definition) is 8. The lowest BCUT2D eigenvalue weighted by Gasteiger charge is -2.64. The predicted molar refractivity (Wildman–Crippen MR) is 541 cm³/mol. The second kappa shape index (κ2) is 103. The van der Waals surface area contributed by atoms with Crippen LogP contribution < -0.4 is 0 Å². The molecule has 0 heterocycles. The summed E-state index contributed by atoms with van der Waals surface area (Å²) in [5, 5.41) is 76.9. The van der Waals surface area contributed by atoms with Gasteiger partial charge >= 0.3 is 5.97 Å². The van der Waals surface area contributed by atoms with Gasteiger partial charge in [-0.3, -0.25) is 4.79 Å². The summed E-state index contributed by atoms with van der Waals surface area (Å²) < 4.78 is 7.60. The Balaban J connectivity index is 9.63. The van der Waals surface area contributed by atoms with E-state index in [4.69, 9.17) is 4.74 Å². The minimum Gasteiger partial charge on any atom is -0.465 e. The molecule has 0 aliphatic heterocycles. The summed E-state index contributed by atoms with van der Waals surface area (Å²) >= 11 is 0. The molecule has 8 N–H and O–H groups in total. The molecule has 744 valence electrons. The van der Waals surface area contributed by atoms with E-state index in [9.17, 15) is 40.9 Å². The third-order valence-electron chi connectivity index (χ3n) is 30.1. The molecular weight excluding hydrogens is 1530 g/mol. The monoisotopic (exact) mass is 1760 g/mol. The van der Waals surface area contributed by atoms with Gasteiger partial charge < -0.3 is 45.6 Å². The number of rotatable bonds is 112. The molecule has 124 heavy (non-hydrogen) atoms. The normalized spacial score (nSPS) is 12.5. The Morgan fingerprint density at radius 1 is 0.185 bits per heavy atom. The molecule has 10 nitrogen and oxygen atoms in total. The quantitative estimate of drug-likeness (QED) is 0.0215. The largest absolute Gasteiger partial charge is 0.465 e. The first-order valence-corrected chi connectivity index (χ1v) is 57.4. The third kappa shape index (κ3) is 74.6. The van der Waals surface area contributed by atoms with Crippen LogP contribution in [0.2, 0.25) is 0 Å². The lowest BCUT2D eigenvalue weighted by atomic mass is 9.39. The van der Waals surface area contributed by atoms with Crippen molar-refractivity contribution in [2.45, 2.75) is 643 Å². The van der Waals surface area contributed by atoms with E-state index in [2.05, 4.69) is 6.92 Å². The van der Waals surface area contributed by atoms with E-state index in [0.717, 1.165) is 141 Å². The van der Waals surface area contributed by atoms with Gasteiger partial charge in [0, 0.05) is 52.9 Å². The van der Waals surface area contributed by atoms with Gasteiger partial charge in [0.25, 0.3) is 0 Å². The zero-order valence-corrected chi connectivity index (χ0v) is 84.3. The number of unbranched alkanes of at least 4 members (excludes halogenated alkanes) is 82. The highest BCUT2D eigenvalue weighted by atomic mass is 16.5. The van der Waals surface area contributed by atoms with E-state index in [1.54, 1.807) is 0 Å². The van der Waals surface area contributed by atoms with Gasteiger partial charge in [-0.1, -0.05) is 533 Å². The molecule has 0 saturated heterocycles. The zero-order chi connectivity index (χ0) is 89.7. The van der Waals surface area contributed by atoms with Crippen molar-refractivity contribution in [2.24, 2.45) is 22.2 Å². The van der Waals surface area contributed by atoms with E-state index in [1.807, 2.05) is 0 Å². The Morgan fingerprint density at radius 2 is 0.339 bits per heavy atom. The summed E-state index contributed by atoms with van der Waals surface area (Å²) in [6.45, 7) is 5.36. The Kier molecular flexibility index (Phi) is 102. The number of carbonyl (C=O) groups excluding carboxylic acids is 1. The molecule has 0 aliphatic carbocycles. The number of aliphatic hydroxyl groups is 8. The molecule has 1 atom stereocenters. The van der Waals surface area contributed by atoms with Gasteiger partial charge in [0.2, 0.25) is 0 Å². The molecule has 1 unspecified atom stereocenters. The first kappa shape index (κ1) is 123. The van der Waals surface area contributed by atoms with Crippen LogP contribution >= 0.6 is 0 Å². The first-order chi connectivity index (χ1) is 61.4. The van der Waals surface area contributed by atoms with Gasteiger partial charge in [0.05, 0.1) is 12.0 Å². The highest BCUT2D eigenvalue weighted by Crippen LogP contribution is 2.70. The predicted octanol–water partition coefficient (Wildman–Crippen LogP) is 34.7. The van der Waals surface area contributed by atoms with Crippen LogP contribution in [0.15, 0.2) is 0 Å². The SMILES string of the molecule is CCCCCCCCCCCCCC(CCCCCCCCCCCCO)C(CCCCCCCCCCCCO)(CCCCCCCCCCCCO)C(CCCCCCCCCCCCO)(CCCCCCCCCCCCO)C(CCCCCCCCCCCCO)(CCCCCCCCCCCCO)C(=O)OCCCCCCCCCCCCO. The summed E-state index contributed by atoms with van der Waals surface area (Å²) in [4.78, 5) is 18.0. The molecule has 0 aromatic heterocycles. The molecule has 10 heteroatoms. The lowest BCUT2D eigenvalue weighted by molar-refractivity contribution is -0.199. The molecule has 0 aromatic carbocycles. The van der Waals surface area contributed by atoms with E-state index < -0.39 is 5.41 Å². The van der Waals surface area contributed by atoms with Gasteiger partial charge in [-0.05, 0) is 126 Å². The van der Waals surface area contributed by atoms with E-state index in [1.165, 1.54) is 494 Å². The van der Waals surface area contributed by atoms with Crippen molar-refractivity contribution in [1.29, 1.82) is 0 Å². The van der Waals surface area contributed by atoms with Gasteiger partial charge in [-0.2, -0.15) is 0 Å². The number of esters is 1. The number of hydrogen-bond acceptors (Lipinski definition) is 10. The Morgan fingerprint density at radius 3 is 0.532 bits per heavy atom. The maximum Gasteiger partial charge on any atom is 0.312 e. The van der Waals surface area contributed by atoms with Crippen molar-refractivity contribution >= 4 is 5.97 Å². The van der Waals surface area contributed by atoms with Crippen LogP contribution in [0.1, 0.15) is 643 Å². The zero-order valence-electron chi connectivity index (χ0n) is 84.3. The van der Waals surface area contributed by atoms with Gasteiger partial charge in [-0.15, -0.1) is 0 Å². The van der Waals surface area contributed by atoms with Crippen molar-refractivity contribution in [3.8, 4) is 0 Å². The van der Waals surface area contributed by atoms with E-state index in [0.29, 0.717) is 65.4 Å². The summed E-state index contributed by atoms with van der Waals surface area (Å²) in [5.74, 6) is 0.805. The molecule has 0 spiro atoms. The van der Waals surface area contributed by atoms with Gasteiger partial charge in [-0.25, -0.2) is 0 Å². The van der Waals surface area contributed by atoms with Crippen LogP contribution in [0.3, 0.4) is 0 Å². The van der Waals surface area contributed by atoms with Crippen LogP contribution in [0, 0.1) is 22.2 Å². The summed E-state index contributed by atoms with van der Waals surface area (Å²) in [7, 11) is 0. The Hall–Kier alpha value is -0.850. The summed E-state index contributed by atoms with van der Waals surface area (Å²) in [5.41, 5.74) is -0.881. The molecule has 0 radical (unpaired) electrons. The van der Waals surface area contributed by atoms with E-state index >= 15 is 4.79 Å². The Bertz CT molecular complexity index is 1860. The minimum absolute atomic E-state index is 0.0359. The van der Waals surface area contributed by atoms with Crippen LogP contribution in [0.25, 0.3) is 0 Å². The molecule has 0 aliphatic rings. The van der Waals surface area contributed by atoms with Crippen molar-refractivity contribution in [2.75, 3.05) is 59.5 Å². The maximum atomic E-state index is 18.0. The topological polar surface area (TPSA) is 188 Å². The van der Waals surface area contributed by atoms with E-state index in [-0.39, 0.29) is 16.8 Å².